The van der Waals surface area contributed by atoms with E-state index in [1.54, 1.807) is 0 Å². The molecule has 0 aliphatic heterocycles. The van der Waals surface area contributed by atoms with Gasteiger partial charge in [0.25, 0.3) is 5.88 Å². The van der Waals surface area contributed by atoms with Gasteiger partial charge in [0.1, 0.15) is 0 Å². The molecule has 114 valence electrons. The molecule has 1 rings (SSSR count). The molecule has 0 saturated carbocycles. The number of aromatic nitrogens is 2. The number of hydrogen-bond acceptors (Lipinski definition) is 5. The summed E-state index contributed by atoms with van der Waals surface area (Å²) in [5.41, 5.74) is 0.677. The van der Waals surface area contributed by atoms with Gasteiger partial charge in [-0.05, 0) is 12.8 Å². The summed E-state index contributed by atoms with van der Waals surface area (Å²) in [4.78, 5) is 10.4. The molecular weight excluding hydrogens is 254 g/mol. The molecule has 5 nitrogen and oxygen atoms in total. The SMILES string of the molecule is CCCCCCCCc1nc(N(C)C)nc(OC)c1O. The van der Waals surface area contributed by atoms with Gasteiger partial charge in [0.2, 0.25) is 11.7 Å². The number of aryl methyl sites for hydroxylation is 1. The Morgan fingerprint density at radius 3 is 2.30 bits per heavy atom. The van der Waals surface area contributed by atoms with E-state index >= 15 is 0 Å². The van der Waals surface area contributed by atoms with Gasteiger partial charge in [-0.2, -0.15) is 4.98 Å². The average molecular weight is 281 g/mol. The number of nitrogens with zero attached hydrogens (tertiary/aromatic N) is 3. The fourth-order valence-corrected chi connectivity index (χ4v) is 2.06. The highest BCUT2D eigenvalue weighted by Gasteiger charge is 2.14. The molecule has 0 aliphatic carbocycles. The lowest BCUT2D eigenvalue weighted by molar-refractivity contribution is 0.353. The van der Waals surface area contributed by atoms with Crippen molar-refractivity contribution in [2.45, 2.75) is 51.9 Å². The minimum atomic E-state index is 0.0756. The third-order valence-electron chi connectivity index (χ3n) is 3.27. The highest BCUT2D eigenvalue weighted by molar-refractivity contribution is 5.43. The topological polar surface area (TPSA) is 58.5 Å². The number of rotatable bonds is 9. The standard InChI is InChI=1S/C15H27N3O2/c1-5-6-7-8-9-10-11-12-13(19)14(20-4)17-15(16-12)18(2)3/h19H,5-11H2,1-4H3. The maximum absolute atomic E-state index is 10.1. The van der Waals surface area contributed by atoms with E-state index in [4.69, 9.17) is 4.74 Å². The van der Waals surface area contributed by atoms with Crippen molar-refractivity contribution >= 4 is 5.95 Å². The monoisotopic (exact) mass is 281 g/mol. The summed E-state index contributed by atoms with van der Waals surface area (Å²) in [5.74, 6) is 0.900. The van der Waals surface area contributed by atoms with Gasteiger partial charge in [0.15, 0.2) is 0 Å². The van der Waals surface area contributed by atoms with Crippen LogP contribution in [0.3, 0.4) is 0 Å². The van der Waals surface area contributed by atoms with E-state index in [0.717, 1.165) is 12.8 Å². The minimum absolute atomic E-state index is 0.0756. The van der Waals surface area contributed by atoms with E-state index in [1.165, 1.54) is 39.2 Å². The minimum Gasteiger partial charge on any atom is -0.502 e. The van der Waals surface area contributed by atoms with Crippen molar-refractivity contribution in [3.8, 4) is 11.6 Å². The Kier molecular flexibility index (Phi) is 7.12. The summed E-state index contributed by atoms with van der Waals surface area (Å²) < 4.78 is 5.11. The Morgan fingerprint density at radius 2 is 1.70 bits per heavy atom. The van der Waals surface area contributed by atoms with Crippen molar-refractivity contribution in [2.24, 2.45) is 0 Å². The van der Waals surface area contributed by atoms with Crippen molar-refractivity contribution in [1.29, 1.82) is 0 Å². The van der Waals surface area contributed by atoms with Crippen LogP contribution in [0.25, 0.3) is 0 Å². The van der Waals surface area contributed by atoms with Crippen LogP contribution in [0.1, 0.15) is 51.1 Å². The Hall–Kier alpha value is -1.52. The van der Waals surface area contributed by atoms with Crippen LogP contribution in [0.15, 0.2) is 0 Å². The third-order valence-corrected chi connectivity index (χ3v) is 3.27. The molecule has 0 amide bonds. The molecule has 0 fully saturated rings. The maximum atomic E-state index is 10.1. The zero-order valence-corrected chi connectivity index (χ0v) is 13.1. The summed E-state index contributed by atoms with van der Waals surface area (Å²) in [5, 5.41) is 10.1. The van der Waals surface area contributed by atoms with Crippen LogP contribution in [-0.4, -0.2) is 36.3 Å². The molecule has 0 bridgehead atoms. The van der Waals surface area contributed by atoms with Crippen molar-refractivity contribution in [3.63, 3.8) is 0 Å². The molecule has 0 atom stereocenters. The van der Waals surface area contributed by atoms with Gasteiger partial charge in [-0.15, -0.1) is 0 Å². The number of anilines is 1. The van der Waals surface area contributed by atoms with Gasteiger partial charge in [-0.1, -0.05) is 39.0 Å². The Balaban J connectivity index is 2.61. The first-order valence-corrected chi connectivity index (χ1v) is 7.41. The largest absolute Gasteiger partial charge is 0.502 e. The van der Waals surface area contributed by atoms with Crippen LogP contribution in [-0.2, 0) is 6.42 Å². The highest BCUT2D eigenvalue weighted by Crippen LogP contribution is 2.29. The van der Waals surface area contributed by atoms with Gasteiger partial charge in [0, 0.05) is 14.1 Å². The van der Waals surface area contributed by atoms with E-state index in [2.05, 4.69) is 16.9 Å². The Bertz CT molecular complexity index is 408. The number of unbranched alkanes of at least 4 members (excludes halogenated alkanes) is 5. The number of aromatic hydroxyl groups is 1. The molecule has 1 aromatic rings. The Labute approximate surface area is 122 Å². The fraction of sp³-hybridized carbons (Fsp3) is 0.733. The molecule has 0 aliphatic rings. The van der Waals surface area contributed by atoms with Crippen molar-refractivity contribution < 1.29 is 9.84 Å². The van der Waals surface area contributed by atoms with Gasteiger partial charge in [-0.3, -0.25) is 0 Å². The lowest BCUT2D eigenvalue weighted by Gasteiger charge is -2.14. The summed E-state index contributed by atoms with van der Waals surface area (Å²) >= 11 is 0. The molecule has 0 spiro atoms. The second-order valence-corrected chi connectivity index (χ2v) is 5.24. The highest BCUT2D eigenvalue weighted by atomic mass is 16.5. The molecule has 1 aromatic heterocycles. The molecular formula is C15H27N3O2. The Morgan fingerprint density at radius 1 is 1.05 bits per heavy atom. The molecule has 20 heavy (non-hydrogen) atoms. The van der Waals surface area contributed by atoms with Crippen LogP contribution in [0, 0.1) is 0 Å². The number of methoxy groups -OCH3 is 1. The van der Waals surface area contributed by atoms with Crippen LogP contribution in [0.2, 0.25) is 0 Å². The summed E-state index contributed by atoms with van der Waals surface area (Å²) in [6.45, 7) is 2.22. The first-order valence-electron chi connectivity index (χ1n) is 7.41. The first-order chi connectivity index (χ1) is 9.60. The fourth-order valence-electron chi connectivity index (χ4n) is 2.06. The molecule has 0 radical (unpaired) electrons. The van der Waals surface area contributed by atoms with Crippen LogP contribution >= 0.6 is 0 Å². The van der Waals surface area contributed by atoms with E-state index in [-0.39, 0.29) is 11.6 Å². The normalized spacial score (nSPS) is 10.6. The maximum Gasteiger partial charge on any atom is 0.261 e. The third kappa shape index (κ3) is 4.87. The predicted octanol–water partition coefficient (Wildman–Crippen LogP) is 3.16. The van der Waals surface area contributed by atoms with Gasteiger partial charge in [-0.25, -0.2) is 4.98 Å². The van der Waals surface area contributed by atoms with E-state index in [9.17, 15) is 5.11 Å². The second kappa shape index (κ2) is 8.61. The molecule has 0 aromatic carbocycles. The second-order valence-electron chi connectivity index (χ2n) is 5.24. The first kappa shape index (κ1) is 16.5. The molecule has 1 heterocycles. The molecule has 1 N–H and O–H groups in total. The van der Waals surface area contributed by atoms with E-state index in [1.807, 2.05) is 19.0 Å². The van der Waals surface area contributed by atoms with Crippen LogP contribution < -0.4 is 9.64 Å². The number of hydrogen-bond donors (Lipinski definition) is 1. The number of ether oxygens (including phenoxy) is 1. The van der Waals surface area contributed by atoms with Crippen molar-refractivity contribution in [1.82, 2.24) is 9.97 Å². The van der Waals surface area contributed by atoms with Gasteiger partial charge >= 0.3 is 0 Å². The predicted molar refractivity (Wildman–Crippen MR) is 81.7 cm³/mol. The van der Waals surface area contributed by atoms with Gasteiger partial charge < -0.3 is 14.7 Å². The van der Waals surface area contributed by atoms with Crippen molar-refractivity contribution in [2.75, 3.05) is 26.1 Å². The summed E-state index contributed by atoms with van der Waals surface area (Å²) in [6.07, 6.45) is 8.06. The zero-order chi connectivity index (χ0) is 15.0. The zero-order valence-electron chi connectivity index (χ0n) is 13.1. The molecule has 5 heteroatoms. The lowest BCUT2D eigenvalue weighted by Crippen LogP contribution is -2.14. The molecule has 0 unspecified atom stereocenters. The average Bonchev–Trinajstić information content (AvgIpc) is 2.44. The summed E-state index contributed by atoms with van der Waals surface area (Å²) in [6, 6.07) is 0. The smallest absolute Gasteiger partial charge is 0.261 e. The lowest BCUT2D eigenvalue weighted by atomic mass is 10.1. The van der Waals surface area contributed by atoms with Crippen LogP contribution in [0.5, 0.6) is 11.6 Å². The van der Waals surface area contributed by atoms with E-state index < -0.39 is 0 Å². The molecule has 0 saturated heterocycles. The van der Waals surface area contributed by atoms with Gasteiger partial charge in [0.05, 0.1) is 12.8 Å². The summed E-state index contributed by atoms with van der Waals surface area (Å²) in [7, 11) is 5.26. The van der Waals surface area contributed by atoms with E-state index in [0.29, 0.717) is 11.6 Å². The van der Waals surface area contributed by atoms with Crippen LogP contribution in [0.4, 0.5) is 5.95 Å². The quantitative estimate of drug-likeness (QED) is 0.705. The van der Waals surface area contributed by atoms with Crippen molar-refractivity contribution in [3.05, 3.63) is 5.69 Å².